The van der Waals surface area contributed by atoms with Gasteiger partial charge in [0.15, 0.2) is 0 Å². The zero-order chi connectivity index (χ0) is 15.8. The zero-order valence-electron chi connectivity index (χ0n) is 13.9. The molecule has 0 bridgehead atoms. The first-order chi connectivity index (χ1) is 10.1. The summed E-state index contributed by atoms with van der Waals surface area (Å²) >= 11 is 0. The van der Waals surface area contributed by atoms with E-state index in [0.29, 0.717) is 0 Å². The predicted octanol–water partition coefficient (Wildman–Crippen LogP) is 4.34. The van der Waals surface area contributed by atoms with Crippen LogP contribution >= 0.6 is 0 Å². The van der Waals surface area contributed by atoms with Crippen molar-refractivity contribution in [1.29, 1.82) is 0 Å². The zero-order valence-corrected chi connectivity index (χ0v) is 14.8. The molecule has 0 heterocycles. The monoisotopic (exact) mass is 346 g/mol. The molecule has 0 spiro atoms. The molecular formula is C16H35NaO4S. The Balaban J connectivity index is 0. The molecule has 0 rings (SSSR count). The maximum absolute atomic E-state index is 11.4. The van der Waals surface area contributed by atoms with Gasteiger partial charge in [-0.1, -0.05) is 78.1 Å². The Labute approximate surface area is 160 Å². The summed E-state index contributed by atoms with van der Waals surface area (Å²) in [6.07, 6.45) is 13.4. The number of hydrogen-bond acceptors (Lipinski definition) is 4. The Morgan fingerprint density at radius 2 is 0.909 bits per heavy atom. The number of unbranched alkanes of at least 4 members (excludes halogenated alkanes) is 10. The molecule has 130 valence electrons. The van der Waals surface area contributed by atoms with E-state index in [1.807, 2.05) is 0 Å². The van der Waals surface area contributed by atoms with Gasteiger partial charge in [-0.05, 0) is 12.8 Å². The van der Waals surface area contributed by atoms with Crippen LogP contribution in [0.15, 0.2) is 0 Å². The van der Waals surface area contributed by atoms with Crippen molar-refractivity contribution in [3.05, 3.63) is 0 Å². The molecule has 0 unspecified atom stereocenters. The second kappa shape index (κ2) is 18.2. The topological polar surface area (TPSA) is 52.6 Å². The van der Waals surface area contributed by atoms with Crippen molar-refractivity contribution >= 4 is 40.0 Å². The van der Waals surface area contributed by atoms with E-state index in [0.717, 1.165) is 44.9 Å². The fourth-order valence-electron chi connectivity index (χ4n) is 2.12. The summed E-state index contributed by atoms with van der Waals surface area (Å²) in [5.41, 5.74) is 0. The summed E-state index contributed by atoms with van der Waals surface area (Å²) in [7, 11) is -3.77. The molecule has 0 radical (unpaired) electrons. The van der Waals surface area contributed by atoms with Crippen molar-refractivity contribution in [2.24, 2.45) is 0 Å². The van der Waals surface area contributed by atoms with Crippen LogP contribution in [-0.4, -0.2) is 51.2 Å². The fourth-order valence-corrected chi connectivity index (χ4v) is 2.83. The van der Waals surface area contributed by atoms with Crippen molar-refractivity contribution in [2.45, 2.75) is 90.9 Å². The van der Waals surface area contributed by atoms with Crippen LogP contribution in [-0.2, 0) is 18.8 Å². The van der Waals surface area contributed by atoms with Crippen LogP contribution in [0.3, 0.4) is 0 Å². The van der Waals surface area contributed by atoms with Gasteiger partial charge in [-0.25, -0.2) is 8.37 Å². The molecule has 4 nitrogen and oxygen atoms in total. The van der Waals surface area contributed by atoms with E-state index in [9.17, 15) is 8.42 Å². The molecule has 22 heavy (non-hydrogen) atoms. The van der Waals surface area contributed by atoms with Crippen molar-refractivity contribution < 1.29 is 16.8 Å². The summed E-state index contributed by atoms with van der Waals surface area (Å²) in [4.78, 5) is 0. The third-order valence-corrected chi connectivity index (χ3v) is 4.36. The van der Waals surface area contributed by atoms with Gasteiger partial charge >= 0.3 is 40.0 Å². The van der Waals surface area contributed by atoms with Crippen LogP contribution in [0.25, 0.3) is 0 Å². The fraction of sp³-hybridized carbons (Fsp3) is 1.00. The van der Waals surface area contributed by atoms with Crippen LogP contribution in [0.2, 0.25) is 0 Å². The standard InChI is InChI=1S/C16H34O4S.Na.H/c1-3-5-7-9-10-11-12-14-16-20-21(17,18)19-15-13-8-6-4-2;;/h3-16H2,1-2H3;;. The molecule has 0 aliphatic carbocycles. The summed E-state index contributed by atoms with van der Waals surface area (Å²) < 4.78 is 32.5. The SMILES string of the molecule is CCCCCCCCCCOS(=O)(=O)OCCCCCC.[NaH]. The average molecular weight is 347 g/mol. The van der Waals surface area contributed by atoms with Crippen molar-refractivity contribution in [3.8, 4) is 0 Å². The van der Waals surface area contributed by atoms with Gasteiger partial charge in [0.2, 0.25) is 0 Å². The Hall–Kier alpha value is 0.870. The van der Waals surface area contributed by atoms with E-state index in [-0.39, 0.29) is 42.8 Å². The minimum atomic E-state index is -3.77. The molecular weight excluding hydrogens is 311 g/mol. The molecule has 0 aromatic carbocycles. The van der Waals surface area contributed by atoms with Crippen molar-refractivity contribution in [2.75, 3.05) is 13.2 Å². The second-order valence-corrected chi connectivity index (χ2v) is 6.88. The number of rotatable bonds is 16. The summed E-state index contributed by atoms with van der Waals surface area (Å²) in [5, 5.41) is 0. The third kappa shape index (κ3) is 18.9. The third-order valence-electron chi connectivity index (χ3n) is 3.45. The average Bonchev–Trinajstić information content (AvgIpc) is 2.45. The van der Waals surface area contributed by atoms with Gasteiger partial charge < -0.3 is 0 Å². The predicted molar refractivity (Wildman–Crippen MR) is 94.7 cm³/mol. The summed E-state index contributed by atoms with van der Waals surface area (Å²) in [5.74, 6) is 0. The molecule has 0 N–H and O–H groups in total. The summed E-state index contributed by atoms with van der Waals surface area (Å²) in [6.45, 7) is 4.81. The van der Waals surface area contributed by atoms with Crippen LogP contribution in [0.5, 0.6) is 0 Å². The van der Waals surface area contributed by atoms with Gasteiger partial charge in [0, 0.05) is 0 Å². The molecule has 0 aliphatic rings. The molecule has 6 heteroatoms. The molecule has 0 aliphatic heterocycles. The molecule has 0 saturated carbocycles. The molecule has 0 saturated heterocycles. The normalized spacial score (nSPS) is 11.4. The molecule has 0 aromatic rings. The first-order valence-electron chi connectivity index (χ1n) is 8.66. The number of hydrogen-bond donors (Lipinski definition) is 0. The Bertz CT molecular complexity index is 307. The van der Waals surface area contributed by atoms with E-state index in [1.165, 1.54) is 32.1 Å². The summed E-state index contributed by atoms with van der Waals surface area (Å²) in [6, 6.07) is 0. The van der Waals surface area contributed by atoms with Crippen LogP contribution < -0.4 is 0 Å². The molecule has 0 aromatic heterocycles. The van der Waals surface area contributed by atoms with Crippen LogP contribution in [0.1, 0.15) is 90.9 Å². The van der Waals surface area contributed by atoms with Gasteiger partial charge in [-0.2, -0.15) is 8.42 Å². The van der Waals surface area contributed by atoms with E-state index in [1.54, 1.807) is 0 Å². The second-order valence-electron chi connectivity index (χ2n) is 5.59. The van der Waals surface area contributed by atoms with Gasteiger partial charge in [-0.3, -0.25) is 0 Å². The van der Waals surface area contributed by atoms with Crippen LogP contribution in [0.4, 0.5) is 0 Å². The van der Waals surface area contributed by atoms with Gasteiger partial charge in [-0.15, -0.1) is 0 Å². The molecule has 0 atom stereocenters. The Morgan fingerprint density at radius 3 is 1.32 bits per heavy atom. The van der Waals surface area contributed by atoms with E-state index in [4.69, 9.17) is 8.37 Å². The quantitative estimate of drug-likeness (QED) is 0.308. The Kier molecular flexibility index (Phi) is 20.8. The van der Waals surface area contributed by atoms with E-state index < -0.39 is 10.4 Å². The molecule has 0 amide bonds. The van der Waals surface area contributed by atoms with Gasteiger partial charge in [0.25, 0.3) is 0 Å². The first kappa shape index (κ1) is 25.1. The van der Waals surface area contributed by atoms with E-state index >= 15 is 0 Å². The molecule has 0 fully saturated rings. The minimum absolute atomic E-state index is 0. The van der Waals surface area contributed by atoms with Crippen molar-refractivity contribution in [3.63, 3.8) is 0 Å². The van der Waals surface area contributed by atoms with E-state index in [2.05, 4.69) is 13.8 Å². The first-order valence-corrected chi connectivity index (χ1v) is 9.99. The van der Waals surface area contributed by atoms with Gasteiger partial charge in [0.05, 0.1) is 13.2 Å². The maximum atomic E-state index is 11.4. The van der Waals surface area contributed by atoms with Crippen molar-refractivity contribution in [1.82, 2.24) is 0 Å². The van der Waals surface area contributed by atoms with Crippen LogP contribution in [0, 0.1) is 0 Å². The van der Waals surface area contributed by atoms with Gasteiger partial charge in [0.1, 0.15) is 0 Å². The Morgan fingerprint density at radius 1 is 0.591 bits per heavy atom.